The molecule has 1 aromatic heterocycles. The van der Waals surface area contributed by atoms with Crippen molar-refractivity contribution >= 4 is 20.8 Å². The fourth-order valence-corrected chi connectivity index (χ4v) is 4.40. The molecule has 2 aromatic rings. The van der Waals surface area contributed by atoms with Crippen molar-refractivity contribution in [3.05, 3.63) is 56.7 Å². The summed E-state index contributed by atoms with van der Waals surface area (Å²) in [4.78, 5) is 28.0. The van der Waals surface area contributed by atoms with Crippen LogP contribution in [-0.2, 0) is 15.9 Å². The van der Waals surface area contributed by atoms with Crippen molar-refractivity contribution in [3.8, 4) is 0 Å². The lowest BCUT2D eigenvalue weighted by Gasteiger charge is -2.28. The van der Waals surface area contributed by atoms with Crippen molar-refractivity contribution in [1.29, 1.82) is 0 Å². The van der Waals surface area contributed by atoms with Crippen LogP contribution in [0.4, 0.5) is 0 Å². The first-order chi connectivity index (χ1) is 13.1. The molecule has 2 rings (SSSR count). The number of nitrogens with zero attached hydrogens (tertiary/aromatic N) is 1. The van der Waals surface area contributed by atoms with E-state index < -0.39 is 14.7 Å². The van der Waals surface area contributed by atoms with Gasteiger partial charge in [0, 0.05) is 16.9 Å². The van der Waals surface area contributed by atoms with E-state index in [9.17, 15) is 9.59 Å². The van der Waals surface area contributed by atoms with Crippen LogP contribution in [0.25, 0.3) is 0 Å². The number of hydrogen-bond donors (Lipinski definition) is 1. The number of aromatic nitrogens is 2. The van der Waals surface area contributed by atoms with Crippen LogP contribution in [0.3, 0.4) is 0 Å². The van der Waals surface area contributed by atoms with Crippen molar-refractivity contribution in [1.82, 2.24) is 9.55 Å². The lowest BCUT2D eigenvalue weighted by Crippen LogP contribution is -2.36. The van der Waals surface area contributed by atoms with Crippen LogP contribution in [0, 0.1) is 12.3 Å². The van der Waals surface area contributed by atoms with E-state index in [1.807, 2.05) is 30.3 Å². The number of ether oxygens (including phenoxy) is 1. The van der Waals surface area contributed by atoms with Crippen LogP contribution in [0.15, 0.2) is 49.8 Å². The Morgan fingerprint density at radius 3 is 2.39 bits per heavy atom. The van der Waals surface area contributed by atoms with Gasteiger partial charge in [0.2, 0.25) is 0 Å². The van der Waals surface area contributed by atoms with Crippen molar-refractivity contribution in [2.24, 2.45) is 5.41 Å². The lowest BCUT2D eigenvalue weighted by atomic mass is 9.92. The minimum atomic E-state index is -1.32. The number of nitrogens with one attached hydrogen (secondary N) is 1. The van der Waals surface area contributed by atoms with Gasteiger partial charge in [0.15, 0.2) is 9.04 Å². The highest BCUT2D eigenvalue weighted by Crippen LogP contribution is 2.28. The lowest BCUT2D eigenvalue weighted by molar-refractivity contribution is -0.129. The van der Waals surface area contributed by atoms with Crippen LogP contribution >= 0.6 is 11.8 Å². The number of aromatic amines is 1. The summed E-state index contributed by atoms with van der Waals surface area (Å²) in [5.74, 6) is 0. The average Bonchev–Trinajstić information content (AvgIpc) is 2.58. The second-order valence-electron chi connectivity index (χ2n) is 8.21. The Labute approximate surface area is 172 Å². The topological polar surface area (TPSA) is 73.3 Å². The number of hydrogen-bond acceptors (Lipinski definition) is 5. The Morgan fingerprint density at radius 2 is 1.82 bits per heavy atom. The molecule has 28 heavy (non-hydrogen) atoms. The molecule has 154 valence electrons. The minimum Gasteiger partial charge on any atom is -0.396 e. The van der Waals surface area contributed by atoms with Crippen molar-refractivity contribution < 1.29 is 9.16 Å². The van der Waals surface area contributed by atoms with Crippen molar-refractivity contribution in [3.63, 3.8) is 0 Å². The maximum atomic E-state index is 12.5. The summed E-state index contributed by atoms with van der Waals surface area (Å²) < 4.78 is 13.5. The molecule has 0 amide bonds. The zero-order chi connectivity index (χ0) is 20.9. The van der Waals surface area contributed by atoms with Gasteiger partial charge in [-0.25, -0.2) is 4.79 Å². The second-order valence-corrected chi connectivity index (χ2v) is 11.6. The van der Waals surface area contributed by atoms with Crippen molar-refractivity contribution in [2.45, 2.75) is 70.2 Å². The summed E-state index contributed by atoms with van der Waals surface area (Å²) in [5, 5.41) is 0.580. The number of benzene rings is 1. The van der Waals surface area contributed by atoms with Gasteiger partial charge < -0.3 is 9.16 Å². The zero-order valence-corrected chi connectivity index (χ0v) is 19.4. The van der Waals surface area contributed by atoms with Gasteiger partial charge in [0.25, 0.3) is 5.56 Å². The molecule has 0 fully saturated rings. The minimum absolute atomic E-state index is 0.0213. The van der Waals surface area contributed by atoms with Gasteiger partial charge in [-0.1, -0.05) is 50.7 Å². The zero-order valence-electron chi connectivity index (χ0n) is 17.4. The van der Waals surface area contributed by atoms with Crippen LogP contribution in [0.5, 0.6) is 0 Å². The van der Waals surface area contributed by atoms with E-state index >= 15 is 0 Å². The monoisotopic (exact) mass is 422 g/mol. The molecule has 1 heterocycles. The standard InChI is InChI=1S/C20H30N2O4SSi/c1-14-17(23)21-19(24)22(18(14)27-15-10-8-7-9-11-15)13-25-16(26-28(5)6)12-20(2,3)4/h7-11,16,28H,12-13H2,1-6H3,(H,21,23,24). The largest absolute Gasteiger partial charge is 0.396 e. The Morgan fingerprint density at radius 1 is 1.18 bits per heavy atom. The Hall–Kier alpha value is -1.61. The Bertz CT molecular complexity index is 888. The first-order valence-electron chi connectivity index (χ1n) is 9.40. The summed E-state index contributed by atoms with van der Waals surface area (Å²) in [6.45, 7) is 12.3. The summed E-state index contributed by atoms with van der Waals surface area (Å²) >= 11 is 1.38. The fraction of sp³-hybridized carbons (Fsp3) is 0.500. The van der Waals surface area contributed by atoms with Gasteiger partial charge >= 0.3 is 5.69 Å². The third-order valence-electron chi connectivity index (χ3n) is 3.92. The van der Waals surface area contributed by atoms with Crippen LogP contribution in [0.2, 0.25) is 13.1 Å². The molecule has 1 atom stereocenters. The highest BCUT2D eigenvalue weighted by atomic mass is 32.2. The molecule has 0 saturated carbocycles. The van der Waals surface area contributed by atoms with E-state index in [4.69, 9.17) is 9.16 Å². The predicted octanol–water partition coefficient (Wildman–Crippen LogP) is 3.73. The Balaban J connectivity index is 2.31. The summed E-state index contributed by atoms with van der Waals surface area (Å²) in [6, 6.07) is 9.65. The van der Waals surface area contributed by atoms with Gasteiger partial charge in [0.1, 0.15) is 13.0 Å². The number of H-pyrrole nitrogens is 1. The third kappa shape index (κ3) is 6.77. The maximum absolute atomic E-state index is 12.5. The molecule has 1 aromatic carbocycles. The highest BCUT2D eigenvalue weighted by molar-refractivity contribution is 7.99. The average molecular weight is 423 g/mol. The summed E-state index contributed by atoms with van der Waals surface area (Å²) in [6.07, 6.45) is 0.330. The summed E-state index contributed by atoms with van der Waals surface area (Å²) in [5.41, 5.74) is -0.341. The smallest absolute Gasteiger partial charge is 0.331 e. The molecule has 0 aliphatic heterocycles. The van der Waals surface area contributed by atoms with Gasteiger partial charge in [0.05, 0.1) is 5.03 Å². The van der Waals surface area contributed by atoms with E-state index in [1.54, 1.807) is 6.92 Å². The molecule has 0 radical (unpaired) electrons. The molecule has 0 bridgehead atoms. The molecule has 1 unspecified atom stereocenters. The van der Waals surface area contributed by atoms with Gasteiger partial charge in [-0.2, -0.15) is 0 Å². The molecular weight excluding hydrogens is 392 g/mol. The molecule has 8 heteroatoms. The van der Waals surface area contributed by atoms with E-state index in [0.717, 1.165) is 11.3 Å². The van der Waals surface area contributed by atoms with Gasteiger partial charge in [-0.15, -0.1) is 0 Å². The van der Waals surface area contributed by atoms with Crippen LogP contribution < -0.4 is 11.2 Å². The quantitative estimate of drug-likeness (QED) is 0.399. The fourth-order valence-electron chi connectivity index (χ4n) is 2.61. The SMILES string of the molecule is Cc1c(Sc2ccccc2)n(COC(CC(C)(C)C)O[SiH](C)C)c(=O)[nH]c1=O. The van der Waals surface area contributed by atoms with E-state index in [1.165, 1.54) is 16.3 Å². The highest BCUT2D eigenvalue weighted by Gasteiger charge is 2.22. The second kappa shape index (κ2) is 9.73. The van der Waals surface area contributed by atoms with E-state index in [2.05, 4.69) is 38.8 Å². The molecule has 1 N–H and O–H groups in total. The molecule has 0 spiro atoms. The van der Waals surface area contributed by atoms with Crippen molar-refractivity contribution in [2.75, 3.05) is 0 Å². The number of rotatable bonds is 8. The van der Waals surface area contributed by atoms with Crippen LogP contribution in [0.1, 0.15) is 32.8 Å². The first kappa shape index (κ1) is 22.7. The molecule has 0 saturated heterocycles. The Kier molecular flexibility index (Phi) is 7.88. The third-order valence-corrected chi connectivity index (χ3v) is 6.00. The van der Waals surface area contributed by atoms with E-state index in [-0.39, 0.29) is 24.0 Å². The molecule has 0 aliphatic rings. The van der Waals surface area contributed by atoms with E-state index in [0.29, 0.717) is 10.6 Å². The molecular formula is C20H30N2O4SSi. The normalized spacial score (nSPS) is 13.1. The van der Waals surface area contributed by atoms with Gasteiger partial charge in [-0.05, 0) is 37.6 Å². The summed E-state index contributed by atoms with van der Waals surface area (Å²) in [7, 11) is -1.32. The maximum Gasteiger partial charge on any atom is 0.331 e. The predicted molar refractivity (Wildman–Crippen MR) is 116 cm³/mol. The van der Waals surface area contributed by atoms with Crippen LogP contribution in [-0.4, -0.2) is 24.9 Å². The molecule has 6 nitrogen and oxygen atoms in total. The molecule has 0 aliphatic carbocycles. The van der Waals surface area contributed by atoms with Gasteiger partial charge in [-0.3, -0.25) is 14.3 Å². The first-order valence-corrected chi connectivity index (χ1v) is 13.0.